The zero-order chi connectivity index (χ0) is 12.9. The number of aryl methyl sites for hydroxylation is 1. The number of aliphatic carboxylic acids is 1. The SMILES string of the molecule is CCC(C)(C)CNc1nc(CCC(=O)O)cs1. The van der Waals surface area contributed by atoms with Crippen LogP contribution in [-0.4, -0.2) is 22.6 Å². The maximum Gasteiger partial charge on any atom is 0.303 e. The highest BCUT2D eigenvalue weighted by molar-refractivity contribution is 7.13. The van der Waals surface area contributed by atoms with Gasteiger partial charge in [0, 0.05) is 18.3 Å². The number of hydrogen-bond acceptors (Lipinski definition) is 4. The summed E-state index contributed by atoms with van der Waals surface area (Å²) in [5, 5.41) is 14.7. The number of thiazole rings is 1. The molecule has 0 spiro atoms. The van der Waals surface area contributed by atoms with E-state index in [4.69, 9.17) is 5.11 Å². The molecule has 1 aromatic rings. The minimum Gasteiger partial charge on any atom is -0.481 e. The number of carboxylic acid groups (broad SMARTS) is 1. The summed E-state index contributed by atoms with van der Waals surface area (Å²) in [7, 11) is 0. The van der Waals surface area contributed by atoms with Crippen molar-refractivity contribution in [2.45, 2.75) is 40.0 Å². The summed E-state index contributed by atoms with van der Waals surface area (Å²) in [6.07, 6.45) is 1.76. The Hall–Kier alpha value is -1.10. The monoisotopic (exact) mass is 256 g/mol. The minimum atomic E-state index is -0.778. The summed E-state index contributed by atoms with van der Waals surface area (Å²) in [4.78, 5) is 14.8. The van der Waals surface area contributed by atoms with Crippen LogP contribution < -0.4 is 5.32 Å². The van der Waals surface area contributed by atoms with Crippen molar-refractivity contribution in [2.24, 2.45) is 5.41 Å². The van der Waals surface area contributed by atoms with Crippen LogP contribution in [0.1, 0.15) is 39.3 Å². The molecular formula is C12H20N2O2S. The lowest BCUT2D eigenvalue weighted by Crippen LogP contribution is -2.21. The van der Waals surface area contributed by atoms with Crippen LogP contribution in [0, 0.1) is 5.41 Å². The van der Waals surface area contributed by atoms with E-state index in [1.54, 1.807) is 0 Å². The molecule has 0 aliphatic rings. The molecule has 0 radical (unpaired) electrons. The van der Waals surface area contributed by atoms with Gasteiger partial charge in [0.1, 0.15) is 0 Å². The van der Waals surface area contributed by atoms with E-state index in [2.05, 4.69) is 31.1 Å². The number of nitrogens with zero attached hydrogens (tertiary/aromatic N) is 1. The highest BCUT2D eigenvalue weighted by Gasteiger charge is 2.15. The largest absolute Gasteiger partial charge is 0.481 e. The van der Waals surface area contributed by atoms with E-state index >= 15 is 0 Å². The molecule has 0 fully saturated rings. The number of anilines is 1. The van der Waals surface area contributed by atoms with Gasteiger partial charge >= 0.3 is 5.97 Å². The van der Waals surface area contributed by atoms with E-state index in [9.17, 15) is 4.79 Å². The van der Waals surface area contributed by atoms with Crippen LogP contribution in [0.5, 0.6) is 0 Å². The van der Waals surface area contributed by atoms with Crippen LogP contribution in [-0.2, 0) is 11.2 Å². The van der Waals surface area contributed by atoms with E-state index in [-0.39, 0.29) is 11.8 Å². The van der Waals surface area contributed by atoms with Crippen molar-refractivity contribution < 1.29 is 9.90 Å². The van der Waals surface area contributed by atoms with E-state index < -0.39 is 5.97 Å². The van der Waals surface area contributed by atoms with E-state index in [0.717, 1.165) is 23.8 Å². The molecule has 1 aromatic heterocycles. The van der Waals surface area contributed by atoms with E-state index in [0.29, 0.717) is 6.42 Å². The normalized spacial score (nSPS) is 11.5. The highest BCUT2D eigenvalue weighted by atomic mass is 32.1. The maximum atomic E-state index is 10.4. The third-order valence-electron chi connectivity index (χ3n) is 2.82. The first kappa shape index (κ1) is 14.0. The molecule has 1 rings (SSSR count). The van der Waals surface area contributed by atoms with Gasteiger partial charge in [-0.3, -0.25) is 4.79 Å². The first-order valence-electron chi connectivity index (χ1n) is 5.83. The molecule has 2 N–H and O–H groups in total. The van der Waals surface area contributed by atoms with Gasteiger partial charge in [0.2, 0.25) is 0 Å². The zero-order valence-electron chi connectivity index (χ0n) is 10.6. The summed E-state index contributed by atoms with van der Waals surface area (Å²) >= 11 is 1.54. The molecule has 0 atom stereocenters. The molecule has 0 aliphatic carbocycles. The number of nitrogens with one attached hydrogen (secondary N) is 1. The van der Waals surface area contributed by atoms with E-state index in [1.165, 1.54) is 11.3 Å². The molecule has 96 valence electrons. The lowest BCUT2D eigenvalue weighted by atomic mass is 9.90. The molecule has 0 aromatic carbocycles. The maximum absolute atomic E-state index is 10.4. The van der Waals surface area contributed by atoms with Gasteiger partial charge in [0.05, 0.1) is 12.1 Å². The van der Waals surface area contributed by atoms with Gasteiger partial charge in [-0.15, -0.1) is 11.3 Å². The molecule has 0 saturated heterocycles. The van der Waals surface area contributed by atoms with Crippen LogP contribution in [0.15, 0.2) is 5.38 Å². The number of aromatic nitrogens is 1. The molecular weight excluding hydrogens is 236 g/mol. The van der Waals surface area contributed by atoms with Gasteiger partial charge < -0.3 is 10.4 Å². The molecule has 0 bridgehead atoms. The smallest absolute Gasteiger partial charge is 0.303 e. The molecule has 0 aliphatic heterocycles. The fraction of sp³-hybridized carbons (Fsp3) is 0.667. The third-order valence-corrected chi connectivity index (χ3v) is 3.67. The fourth-order valence-electron chi connectivity index (χ4n) is 1.18. The molecule has 0 saturated carbocycles. The molecule has 0 amide bonds. The van der Waals surface area contributed by atoms with Crippen molar-refractivity contribution in [2.75, 3.05) is 11.9 Å². The van der Waals surface area contributed by atoms with Gasteiger partial charge in [-0.2, -0.15) is 0 Å². The molecule has 5 heteroatoms. The predicted octanol–water partition coefficient (Wildman–Crippen LogP) is 3.01. The van der Waals surface area contributed by atoms with Gasteiger partial charge in [-0.1, -0.05) is 20.8 Å². The van der Waals surface area contributed by atoms with E-state index in [1.807, 2.05) is 5.38 Å². The van der Waals surface area contributed by atoms with Crippen LogP contribution in [0.3, 0.4) is 0 Å². The Kier molecular flexibility index (Phi) is 4.93. The van der Waals surface area contributed by atoms with Crippen molar-refractivity contribution in [1.29, 1.82) is 0 Å². The summed E-state index contributed by atoms with van der Waals surface area (Å²) < 4.78 is 0. The second-order valence-electron chi connectivity index (χ2n) is 4.91. The van der Waals surface area contributed by atoms with Crippen LogP contribution in [0.2, 0.25) is 0 Å². The lowest BCUT2D eigenvalue weighted by molar-refractivity contribution is -0.136. The number of rotatable bonds is 7. The van der Waals surface area contributed by atoms with Crippen molar-refractivity contribution >= 4 is 22.4 Å². The van der Waals surface area contributed by atoms with Crippen molar-refractivity contribution in [3.05, 3.63) is 11.1 Å². The Morgan fingerprint density at radius 1 is 1.59 bits per heavy atom. The van der Waals surface area contributed by atoms with Crippen molar-refractivity contribution in [1.82, 2.24) is 4.98 Å². The first-order chi connectivity index (χ1) is 7.93. The zero-order valence-corrected chi connectivity index (χ0v) is 11.4. The first-order valence-corrected chi connectivity index (χ1v) is 6.71. The Labute approximate surface area is 106 Å². The summed E-state index contributed by atoms with van der Waals surface area (Å²) in [6.45, 7) is 7.47. The number of carboxylic acids is 1. The summed E-state index contributed by atoms with van der Waals surface area (Å²) in [6, 6.07) is 0. The molecule has 0 unspecified atom stereocenters. The quantitative estimate of drug-likeness (QED) is 0.787. The van der Waals surface area contributed by atoms with Gasteiger partial charge in [-0.05, 0) is 11.8 Å². The summed E-state index contributed by atoms with van der Waals surface area (Å²) in [5.41, 5.74) is 1.11. The van der Waals surface area contributed by atoms with Crippen molar-refractivity contribution in [3.8, 4) is 0 Å². The molecule has 1 heterocycles. The van der Waals surface area contributed by atoms with Gasteiger partial charge in [0.25, 0.3) is 0 Å². The highest BCUT2D eigenvalue weighted by Crippen LogP contribution is 2.22. The van der Waals surface area contributed by atoms with Crippen LogP contribution in [0.4, 0.5) is 5.13 Å². The Morgan fingerprint density at radius 3 is 2.88 bits per heavy atom. The average Bonchev–Trinajstić information content (AvgIpc) is 2.72. The average molecular weight is 256 g/mol. The third kappa shape index (κ3) is 5.17. The Morgan fingerprint density at radius 2 is 2.29 bits per heavy atom. The number of carbonyl (C=O) groups is 1. The van der Waals surface area contributed by atoms with Crippen LogP contribution >= 0.6 is 11.3 Å². The minimum absolute atomic E-state index is 0.142. The van der Waals surface area contributed by atoms with Crippen LogP contribution in [0.25, 0.3) is 0 Å². The van der Waals surface area contributed by atoms with Crippen molar-refractivity contribution in [3.63, 3.8) is 0 Å². The Bertz CT molecular complexity index is 374. The second kappa shape index (κ2) is 6.00. The lowest BCUT2D eigenvalue weighted by Gasteiger charge is -2.22. The van der Waals surface area contributed by atoms with Gasteiger partial charge in [0.15, 0.2) is 5.13 Å². The fourth-order valence-corrected chi connectivity index (χ4v) is 1.92. The topological polar surface area (TPSA) is 62.2 Å². The van der Waals surface area contributed by atoms with Gasteiger partial charge in [-0.25, -0.2) is 4.98 Å². The molecule has 4 nitrogen and oxygen atoms in total. The second-order valence-corrected chi connectivity index (χ2v) is 5.77. The summed E-state index contributed by atoms with van der Waals surface area (Å²) in [5.74, 6) is -0.778. The Balaban J connectivity index is 2.43. The predicted molar refractivity (Wildman–Crippen MR) is 70.6 cm³/mol. The molecule has 17 heavy (non-hydrogen) atoms. The number of hydrogen-bond donors (Lipinski definition) is 2. The standard InChI is InChI=1S/C12H20N2O2S/c1-4-12(2,3)8-13-11-14-9(7-17-11)5-6-10(15)16/h7H,4-6,8H2,1-3H3,(H,13,14)(H,15,16).